The van der Waals surface area contributed by atoms with E-state index < -0.39 is 9.84 Å². The van der Waals surface area contributed by atoms with Crippen LogP contribution in [0.3, 0.4) is 0 Å². The Kier molecular flexibility index (Phi) is 5.58. The summed E-state index contributed by atoms with van der Waals surface area (Å²) in [4.78, 5) is 0.145. The van der Waals surface area contributed by atoms with E-state index in [1.54, 1.807) is 48.5 Å². The second-order valence-electron chi connectivity index (χ2n) is 4.48. The lowest BCUT2D eigenvalue weighted by Crippen LogP contribution is -2.05. The molecule has 0 amide bonds. The number of nitrogens with zero attached hydrogens (tertiary/aromatic N) is 1. The first kappa shape index (κ1) is 16.8. The molecule has 0 aliphatic rings. The highest BCUT2D eigenvalue weighted by Crippen LogP contribution is 2.21. The number of anilines is 1. The van der Waals surface area contributed by atoms with Crippen LogP contribution < -0.4 is 5.32 Å². The molecule has 23 heavy (non-hydrogen) atoms. The van der Waals surface area contributed by atoms with Crippen LogP contribution in [0.4, 0.5) is 5.69 Å². The molecule has 1 N–H and O–H groups in total. The van der Waals surface area contributed by atoms with Gasteiger partial charge < -0.3 is 5.32 Å². The summed E-state index contributed by atoms with van der Waals surface area (Å²) in [7, 11) is -3.72. The van der Waals surface area contributed by atoms with Gasteiger partial charge in [0.15, 0.2) is 0 Å². The van der Waals surface area contributed by atoms with E-state index in [0.717, 1.165) is 6.08 Å². The highest BCUT2D eigenvalue weighted by molar-refractivity contribution is 7.95. The van der Waals surface area contributed by atoms with Crippen LogP contribution in [0.25, 0.3) is 0 Å². The van der Waals surface area contributed by atoms with E-state index in [0.29, 0.717) is 10.7 Å². The average Bonchev–Trinajstić information content (AvgIpc) is 2.57. The van der Waals surface area contributed by atoms with Crippen molar-refractivity contribution in [3.63, 3.8) is 0 Å². The third-order valence-corrected chi connectivity index (χ3v) is 4.93. The molecule has 0 saturated carbocycles. The topological polar surface area (TPSA) is 70.0 Å². The van der Waals surface area contributed by atoms with Crippen LogP contribution in [-0.2, 0) is 9.84 Å². The Morgan fingerprint density at radius 3 is 2.35 bits per heavy atom. The molecule has 116 valence electrons. The van der Waals surface area contributed by atoms with Gasteiger partial charge >= 0.3 is 0 Å². The van der Waals surface area contributed by atoms with Crippen molar-refractivity contribution in [3.05, 3.63) is 82.9 Å². The number of hydrogen-bond acceptors (Lipinski definition) is 4. The van der Waals surface area contributed by atoms with E-state index in [2.05, 4.69) is 5.32 Å². The molecule has 0 radical (unpaired) electrons. The van der Waals surface area contributed by atoms with Gasteiger partial charge in [0, 0.05) is 23.0 Å². The van der Waals surface area contributed by atoms with Crippen molar-refractivity contribution in [2.45, 2.75) is 4.90 Å². The maximum absolute atomic E-state index is 12.6. The van der Waals surface area contributed by atoms with Crippen molar-refractivity contribution >= 4 is 27.1 Å². The first-order valence-corrected chi connectivity index (χ1v) is 8.49. The monoisotopic (exact) mass is 344 g/mol. The Balaban J connectivity index is 2.37. The minimum absolute atomic E-state index is 0.0137. The van der Waals surface area contributed by atoms with Crippen LogP contribution in [0, 0.1) is 11.3 Å². The Hall–Kier alpha value is -2.55. The number of halogens is 1. The van der Waals surface area contributed by atoms with Crippen molar-refractivity contribution in [1.82, 2.24) is 0 Å². The summed E-state index contributed by atoms with van der Waals surface area (Å²) in [6.07, 6.45) is 3.72. The number of benzene rings is 2. The smallest absolute Gasteiger partial charge is 0.208 e. The average molecular weight is 345 g/mol. The molecule has 0 aliphatic carbocycles. The molecular formula is C17H13ClN2O2S. The van der Waals surface area contributed by atoms with Gasteiger partial charge in [0.2, 0.25) is 9.84 Å². The van der Waals surface area contributed by atoms with Crippen molar-refractivity contribution in [1.29, 1.82) is 5.26 Å². The van der Waals surface area contributed by atoms with Crippen LogP contribution in [0.1, 0.15) is 0 Å². The van der Waals surface area contributed by atoms with Gasteiger partial charge in [-0.25, -0.2) is 8.42 Å². The molecule has 0 bridgehead atoms. The normalized spacial score (nSPS) is 12.1. The number of nitriles is 1. The summed E-state index contributed by atoms with van der Waals surface area (Å²) in [5.74, 6) is 0. The Morgan fingerprint density at radius 1 is 1.09 bits per heavy atom. The summed E-state index contributed by atoms with van der Waals surface area (Å²) in [6, 6.07) is 16.7. The van der Waals surface area contributed by atoms with Gasteiger partial charge in [-0.1, -0.05) is 29.8 Å². The predicted octanol–water partition coefficient (Wildman–Crippen LogP) is 4.15. The van der Waals surface area contributed by atoms with Crippen molar-refractivity contribution in [2.24, 2.45) is 0 Å². The largest absolute Gasteiger partial charge is 0.360 e. The molecule has 0 saturated heterocycles. The Bertz CT molecular complexity index is 865. The Labute approximate surface area is 140 Å². The summed E-state index contributed by atoms with van der Waals surface area (Å²) < 4.78 is 25.2. The van der Waals surface area contributed by atoms with E-state index >= 15 is 0 Å². The third kappa shape index (κ3) is 4.46. The molecule has 4 nitrogen and oxygen atoms in total. The second kappa shape index (κ2) is 7.63. The highest BCUT2D eigenvalue weighted by Gasteiger charge is 2.18. The maximum Gasteiger partial charge on any atom is 0.208 e. The van der Waals surface area contributed by atoms with Crippen LogP contribution in [0.5, 0.6) is 0 Å². The number of allylic oxidation sites excluding steroid dienone is 2. The fourth-order valence-electron chi connectivity index (χ4n) is 1.77. The first-order chi connectivity index (χ1) is 11.0. The van der Waals surface area contributed by atoms with Crippen LogP contribution in [0.15, 0.2) is 82.7 Å². The quantitative estimate of drug-likeness (QED) is 0.653. The summed E-state index contributed by atoms with van der Waals surface area (Å²) in [6.45, 7) is 0. The fourth-order valence-corrected chi connectivity index (χ4v) is 3.15. The van der Waals surface area contributed by atoms with E-state index in [1.807, 2.05) is 0 Å². The second-order valence-corrected chi connectivity index (χ2v) is 6.86. The maximum atomic E-state index is 12.6. The van der Waals surface area contributed by atoms with E-state index in [1.165, 1.54) is 24.4 Å². The lowest BCUT2D eigenvalue weighted by atomic mass is 10.3. The number of rotatable bonds is 5. The molecule has 2 aromatic rings. The van der Waals surface area contributed by atoms with Gasteiger partial charge in [-0.2, -0.15) is 5.26 Å². The van der Waals surface area contributed by atoms with Crippen molar-refractivity contribution in [3.8, 4) is 6.07 Å². The van der Waals surface area contributed by atoms with Crippen molar-refractivity contribution in [2.75, 3.05) is 5.32 Å². The molecule has 0 aromatic heterocycles. The van der Waals surface area contributed by atoms with E-state index in [4.69, 9.17) is 16.9 Å². The molecule has 0 unspecified atom stereocenters. The van der Waals surface area contributed by atoms with Gasteiger partial charge in [-0.15, -0.1) is 0 Å². The summed E-state index contributed by atoms with van der Waals surface area (Å²) >= 11 is 5.81. The zero-order chi connectivity index (χ0) is 16.7. The van der Waals surface area contributed by atoms with Crippen LogP contribution in [-0.4, -0.2) is 8.42 Å². The van der Waals surface area contributed by atoms with Gasteiger partial charge in [0.1, 0.15) is 0 Å². The number of nitrogens with one attached hydrogen (secondary N) is 1. The fraction of sp³-hybridized carbons (Fsp3) is 0. The lowest BCUT2D eigenvalue weighted by Gasteiger charge is -2.07. The molecule has 2 aromatic carbocycles. The van der Waals surface area contributed by atoms with Crippen molar-refractivity contribution < 1.29 is 8.42 Å². The van der Waals surface area contributed by atoms with Gasteiger partial charge in [-0.05, 0) is 42.5 Å². The SMILES string of the molecule is N#C/C=C/C(=C/Nc1ccc(Cl)cc1)S(=O)(=O)c1ccccc1. The number of hydrogen-bond donors (Lipinski definition) is 1. The standard InChI is InChI=1S/C17H13ClN2O2S/c18-14-8-10-15(11-9-14)20-13-17(7-4-12-19)23(21,22)16-5-2-1-3-6-16/h1-11,13,20H/b7-4+,17-13-. The van der Waals surface area contributed by atoms with Gasteiger partial charge in [0.25, 0.3) is 0 Å². The summed E-state index contributed by atoms with van der Waals surface area (Å²) in [5, 5.41) is 12.2. The molecule has 0 spiro atoms. The van der Waals surface area contributed by atoms with Crippen LogP contribution in [0.2, 0.25) is 5.02 Å². The molecule has 0 fully saturated rings. The van der Waals surface area contributed by atoms with Crippen LogP contribution >= 0.6 is 11.6 Å². The Morgan fingerprint density at radius 2 is 1.74 bits per heavy atom. The molecule has 0 atom stereocenters. The van der Waals surface area contributed by atoms with Gasteiger partial charge in [0.05, 0.1) is 15.9 Å². The lowest BCUT2D eigenvalue weighted by molar-refractivity contribution is 0.603. The molecule has 6 heteroatoms. The van der Waals surface area contributed by atoms with E-state index in [-0.39, 0.29) is 9.80 Å². The molecule has 2 rings (SSSR count). The molecule has 0 aliphatic heterocycles. The number of sulfone groups is 1. The molecule has 0 heterocycles. The first-order valence-electron chi connectivity index (χ1n) is 6.62. The zero-order valence-corrected chi connectivity index (χ0v) is 13.6. The predicted molar refractivity (Wildman–Crippen MR) is 91.5 cm³/mol. The highest BCUT2D eigenvalue weighted by atomic mass is 35.5. The minimum Gasteiger partial charge on any atom is -0.360 e. The minimum atomic E-state index is -3.72. The molecular weight excluding hydrogens is 332 g/mol. The zero-order valence-electron chi connectivity index (χ0n) is 12.0. The van der Waals surface area contributed by atoms with E-state index in [9.17, 15) is 8.42 Å². The van der Waals surface area contributed by atoms with Gasteiger partial charge in [-0.3, -0.25) is 0 Å². The third-order valence-electron chi connectivity index (χ3n) is 2.91. The summed E-state index contributed by atoms with van der Waals surface area (Å²) in [5.41, 5.74) is 0.681.